The third-order valence-corrected chi connectivity index (χ3v) is 15.0. The second-order valence-electron chi connectivity index (χ2n) is 11.7. The first kappa shape index (κ1) is 34.9. The molecule has 43 heavy (non-hydrogen) atoms. The highest BCUT2D eigenvalue weighted by atomic mass is 79.9. The van der Waals surface area contributed by atoms with Gasteiger partial charge in [0.25, 0.3) is 10.0 Å². The number of piperidine rings is 2. The molecular formula is C28H38BrCl2N3O6S3. The van der Waals surface area contributed by atoms with Crippen molar-refractivity contribution in [3.8, 4) is 0 Å². The van der Waals surface area contributed by atoms with Crippen LogP contribution in [0.25, 0.3) is 0 Å². The highest BCUT2D eigenvalue weighted by molar-refractivity contribution is 9.10. The molecule has 1 unspecified atom stereocenters. The van der Waals surface area contributed by atoms with E-state index in [1.165, 1.54) is 12.1 Å². The number of thiophene rings is 1. The maximum Gasteiger partial charge on any atom is 0.322 e. The van der Waals surface area contributed by atoms with Crippen molar-refractivity contribution in [2.45, 2.75) is 73.9 Å². The van der Waals surface area contributed by atoms with Crippen LogP contribution in [0, 0.1) is 17.8 Å². The molecule has 3 heterocycles. The summed E-state index contributed by atoms with van der Waals surface area (Å²) in [6.45, 7) is 6.00. The number of anilines is 1. The van der Waals surface area contributed by atoms with Crippen LogP contribution in [0.1, 0.15) is 58.8 Å². The van der Waals surface area contributed by atoms with Crippen LogP contribution >= 0.6 is 50.5 Å². The lowest BCUT2D eigenvalue weighted by molar-refractivity contribution is -0.140. The van der Waals surface area contributed by atoms with E-state index in [4.69, 9.17) is 23.2 Å². The normalized spacial score (nSPS) is 18.8. The standard InChI is InChI=1S/C28H38BrCl2N3O6S3/c1-18(2)26(28(35)36)32-42(37,38)21-6-7-24(23(30)16-21)33-12-8-19(9-13-33)4-3-5-20-10-14-34(15-11-20)43(39,40)25-17-22(29)27(31)41-25/h6-7,16-20,26,32H,3-5,8-15H2,1-2H3,(H,35,36). The molecule has 2 N–H and O–H groups in total. The van der Waals surface area contributed by atoms with Gasteiger partial charge < -0.3 is 10.0 Å². The fourth-order valence-corrected chi connectivity index (χ4v) is 11.4. The van der Waals surface area contributed by atoms with Crippen molar-refractivity contribution in [2.75, 3.05) is 31.1 Å². The first-order chi connectivity index (χ1) is 20.2. The van der Waals surface area contributed by atoms with E-state index in [0.29, 0.717) is 38.8 Å². The van der Waals surface area contributed by atoms with Crippen molar-refractivity contribution in [1.82, 2.24) is 9.03 Å². The van der Waals surface area contributed by atoms with E-state index in [2.05, 4.69) is 25.6 Å². The van der Waals surface area contributed by atoms with Gasteiger partial charge in [-0.1, -0.05) is 56.3 Å². The van der Waals surface area contributed by atoms with E-state index in [9.17, 15) is 26.7 Å². The summed E-state index contributed by atoms with van der Waals surface area (Å²) in [4.78, 5) is 13.6. The highest BCUT2D eigenvalue weighted by Gasteiger charge is 2.32. The lowest BCUT2D eigenvalue weighted by atomic mass is 9.87. The molecule has 2 aliphatic rings. The van der Waals surface area contributed by atoms with Crippen LogP contribution < -0.4 is 9.62 Å². The van der Waals surface area contributed by atoms with Crippen molar-refractivity contribution >= 4 is 82.2 Å². The van der Waals surface area contributed by atoms with Crippen molar-refractivity contribution in [1.29, 1.82) is 0 Å². The molecule has 9 nitrogen and oxygen atoms in total. The molecule has 1 atom stereocenters. The second kappa shape index (κ2) is 14.7. The van der Waals surface area contributed by atoms with E-state index in [1.54, 1.807) is 30.3 Å². The van der Waals surface area contributed by atoms with Crippen LogP contribution in [0.5, 0.6) is 0 Å². The molecule has 240 valence electrons. The van der Waals surface area contributed by atoms with Crippen molar-refractivity contribution in [2.24, 2.45) is 17.8 Å². The van der Waals surface area contributed by atoms with Gasteiger partial charge in [-0.05, 0) is 83.6 Å². The Morgan fingerprint density at radius 3 is 2.09 bits per heavy atom. The molecule has 2 aromatic rings. The minimum Gasteiger partial charge on any atom is -0.480 e. The van der Waals surface area contributed by atoms with Crippen LogP contribution in [0.4, 0.5) is 5.69 Å². The molecule has 2 fully saturated rings. The summed E-state index contributed by atoms with van der Waals surface area (Å²) < 4.78 is 56.7. The average molecular weight is 760 g/mol. The average Bonchev–Trinajstić information content (AvgIpc) is 3.31. The fraction of sp³-hybridized carbons (Fsp3) is 0.607. The van der Waals surface area contributed by atoms with Crippen molar-refractivity contribution in [3.05, 3.63) is 38.1 Å². The zero-order valence-corrected chi connectivity index (χ0v) is 29.7. The maximum absolute atomic E-state index is 13.0. The fourth-order valence-electron chi connectivity index (χ4n) is 5.80. The van der Waals surface area contributed by atoms with Gasteiger partial charge >= 0.3 is 5.97 Å². The number of hydrogen-bond acceptors (Lipinski definition) is 7. The number of sulfonamides is 2. The van der Waals surface area contributed by atoms with Gasteiger partial charge in [0.05, 0.1) is 15.6 Å². The molecule has 1 aromatic heterocycles. The van der Waals surface area contributed by atoms with E-state index in [-0.39, 0.29) is 9.10 Å². The molecule has 0 aliphatic carbocycles. The van der Waals surface area contributed by atoms with Crippen LogP contribution in [-0.4, -0.2) is 64.4 Å². The molecule has 0 amide bonds. The summed E-state index contributed by atoms with van der Waals surface area (Å²) in [7, 11) is -7.55. The summed E-state index contributed by atoms with van der Waals surface area (Å²) in [5.74, 6) is -0.514. The van der Waals surface area contributed by atoms with Gasteiger partial charge in [-0.3, -0.25) is 4.79 Å². The summed E-state index contributed by atoms with van der Waals surface area (Å²) in [5, 5.41) is 9.68. The minimum atomic E-state index is -4.04. The maximum atomic E-state index is 13.0. The Morgan fingerprint density at radius 1 is 1.02 bits per heavy atom. The molecule has 1 aromatic carbocycles. The number of aliphatic carboxylic acids is 1. The van der Waals surface area contributed by atoms with Gasteiger partial charge in [0, 0.05) is 30.7 Å². The topological polar surface area (TPSA) is 124 Å². The van der Waals surface area contributed by atoms with Gasteiger partial charge in [0.2, 0.25) is 10.0 Å². The third-order valence-electron chi connectivity index (χ3n) is 8.41. The van der Waals surface area contributed by atoms with Crippen molar-refractivity contribution < 1.29 is 26.7 Å². The number of rotatable bonds is 12. The first-order valence-electron chi connectivity index (χ1n) is 14.4. The Hall–Kier alpha value is -0.930. The number of hydrogen-bond donors (Lipinski definition) is 2. The van der Waals surface area contributed by atoms with E-state index >= 15 is 0 Å². The predicted molar refractivity (Wildman–Crippen MR) is 175 cm³/mol. The first-order valence-corrected chi connectivity index (χ1v) is 19.7. The third kappa shape index (κ3) is 8.66. The van der Waals surface area contributed by atoms with Crippen LogP contribution in [-0.2, 0) is 24.8 Å². The number of halogens is 3. The number of carboxylic acid groups (broad SMARTS) is 1. The van der Waals surface area contributed by atoms with Gasteiger partial charge in [-0.2, -0.15) is 9.03 Å². The number of carboxylic acids is 1. The highest BCUT2D eigenvalue weighted by Crippen LogP contribution is 2.38. The van der Waals surface area contributed by atoms with Crippen molar-refractivity contribution in [3.63, 3.8) is 0 Å². The lowest BCUT2D eigenvalue weighted by Crippen LogP contribution is -2.44. The Balaban J connectivity index is 1.21. The minimum absolute atomic E-state index is 0.0598. The Morgan fingerprint density at radius 2 is 1.60 bits per heavy atom. The van der Waals surface area contributed by atoms with E-state index in [0.717, 1.165) is 75.1 Å². The SMILES string of the molecule is CC(C)C(NS(=O)(=O)c1ccc(N2CCC(CCCC3CCN(S(=O)(=O)c4cc(Br)c(Cl)s4)CC3)CC2)c(Cl)c1)C(=O)O. The molecule has 4 rings (SSSR count). The molecule has 0 radical (unpaired) electrons. The molecular weight excluding hydrogens is 721 g/mol. The van der Waals surface area contributed by atoms with Crippen LogP contribution in [0.3, 0.4) is 0 Å². The lowest BCUT2D eigenvalue weighted by Gasteiger charge is -2.35. The van der Waals surface area contributed by atoms with E-state index < -0.39 is 38.0 Å². The van der Waals surface area contributed by atoms with Gasteiger partial charge in [-0.15, -0.1) is 11.3 Å². The number of nitrogens with one attached hydrogen (secondary N) is 1. The Labute approximate surface area is 277 Å². The Kier molecular flexibility index (Phi) is 11.9. The predicted octanol–water partition coefficient (Wildman–Crippen LogP) is 6.69. The summed E-state index contributed by atoms with van der Waals surface area (Å²) in [5.41, 5.74) is 0.775. The quantitative estimate of drug-likeness (QED) is 0.247. The van der Waals surface area contributed by atoms with E-state index in [1.807, 2.05) is 0 Å². The second-order valence-corrected chi connectivity index (χ2v) is 18.5. The van der Waals surface area contributed by atoms with Gasteiger partial charge in [-0.25, -0.2) is 16.8 Å². The summed E-state index contributed by atoms with van der Waals surface area (Å²) >= 11 is 17.0. The number of carbonyl (C=O) groups is 1. The van der Waals surface area contributed by atoms with Crippen LogP contribution in [0.15, 0.2) is 37.8 Å². The number of nitrogens with zero attached hydrogens (tertiary/aromatic N) is 2. The molecule has 2 aliphatic heterocycles. The summed E-state index contributed by atoms with van der Waals surface area (Å²) in [6, 6.07) is 4.90. The molecule has 15 heteroatoms. The van der Waals surface area contributed by atoms with Gasteiger partial charge in [0.1, 0.15) is 14.6 Å². The number of benzene rings is 1. The summed E-state index contributed by atoms with van der Waals surface area (Å²) in [6.07, 6.45) is 7.11. The largest absolute Gasteiger partial charge is 0.480 e. The zero-order chi connectivity index (χ0) is 31.5. The molecule has 0 bridgehead atoms. The smallest absolute Gasteiger partial charge is 0.322 e. The molecule has 0 saturated carbocycles. The molecule has 0 spiro atoms. The van der Waals surface area contributed by atoms with Gasteiger partial charge in [0.15, 0.2) is 0 Å². The molecule has 2 saturated heterocycles. The van der Waals surface area contributed by atoms with Crippen LogP contribution in [0.2, 0.25) is 9.36 Å². The monoisotopic (exact) mass is 757 g/mol. The Bertz CT molecular complexity index is 1480. The zero-order valence-electron chi connectivity index (χ0n) is 24.1.